The van der Waals surface area contributed by atoms with Crippen molar-refractivity contribution in [1.29, 1.82) is 0 Å². The van der Waals surface area contributed by atoms with E-state index < -0.39 is 0 Å². The normalized spacial score (nSPS) is 11.8. The molecular formula is C35H49N9S2. The molecule has 3 heterocycles. The Balaban J connectivity index is 0.000000174. The number of benzene rings is 3. The zero-order valence-corrected chi connectivity index (χ0v) is 28.8. The van der Waals surface area contributed by atoms with Gasteiger partial charge in [-0.15, -0.1) is 21.5 Å². The maximum absolute atomic E-state index is 5.64. The molecule has 246 valence electrons. The maximum atomic E-state index is 5.64. The van der Waals surface area contributed by atoms with Gasteiger partial charge in [0.25, 0.3) is 0 Å². The molecule has 3 aromatic carbocycles. The van der Waals surface area contributed by atoms with Gasteiger partial charge in [0, 0.05) is 41.4 Å². The van der Waals surface area contributed by atoms with Gasteiger partial charge in [0.1, 0.15) is 5.01 Å². The molecule has 2 aromatic heterocycles. The molecule has 0 atom stereocenters. The summed E-state index contributed by atoms with van der Waals surface area (Å²) in [4.78, 5) is 2.40. The molecule has 0 radical (unpaired) electrons. The van der Waals surface area contributed by atoms with Crippen LogP contribution in [0.4, 0.5) is 37.9 Å². The highest BCUT2D eigenvalue weighted by atomic mass is 32.1. The molecule has 5 aromatic rings. The first-order valence-corrected chi connectivity index (χ1v) is 17.2. The molecule has 1 aliphatic rings. The lowest BCUT2D eigenvalue weighted by atomic mass is 10.1. The van der Waals surface area contributed by atoms with Crippen LogP contribution >= 0.6 is 22.7 Å². The van der Waals surface area contributed by atoms with Crippen LogP contribution in [-0.4, -0.2) is 23.3 Å². The van der Waals surface area contributed by atoms with Gasteiger partial charge in [-0.25, -0.2) is 0 Å². The quantitative estimate of drug-likeness (QED) is 0.0782. The van der Waals surface area contributed by atoms with E-state index in [-0.39, 0.29) is 0 Å². The van der Waals surface area contributed by atoms with Gasteiger partial charge in [0.2, 0.25) is 5.13 Å². The van der Waals surface area contributed by atoms with Crippen molar-refractivity contribution in [2.45, 2.75) is 59.3 Å². The summed E-state index contributed by atoms with van der Waals surface area (Å²) < 4.78 is 0. The zero-order chi connectivity index (χ0) is 33.5. The minimum atomic E-state index is 0.520. The average Bonchev–Trinajstić information content (AvgIpc) is 3.82. The van der Waals surface area contributed by atoms with E-state index in [0.717, 1.165) is 55.9 Å². The van der Waals surface area contributed by atoms with Crippen LogP contribution in [0.15, 0.2) is 72.8 Å². The van der Waals surface area contributed by atoms with E-state index in [4.69, 9.17) is 34.4 Å². The van der Waals surface area contributed by atoms with Gasteiger partial charge in [-0.05, 0) is 105 Å². The standard InChI is InChI=1S/C13H17N3S.C8H12N2S.2C7H10N2/c1-2-3-4-5-10-6-8-11(9-7-10)12-15-16-13(14)17-12;9-7-3-4-8(11-7)10-5-1-2-6-10;2*1-5-4-6(8)2-3-7(5)9/h6-9H,2-5H2,1H3,(H2,14,16);3-4H,1-2,5-6,9H2;2*2-4H,8-9H2,1H3. The zero-order valence-electron chi connectivity index (χ0n) is 27.2. The Kier molecular flexibility index (Phi) is 14.5. The second kappa shape index (κ2) is 18.5. The molecule has 0 bridgehead atoms. The van der Waals surface area contributed by atoms with Crippen LogP contribution in [-0.2, 0) is 6.42 Å². The number of anilines is 7. The van der Waals surface area contributed by atoms with Gasteiger partial charge >= 0.3 is 0 Å². The SMILES string of the molecule is CCCCCc1ccc(-c2nnc(N)s2)cc1.Cc1cc(N)ccc1N.Cc1cc(N)ccc1N.Nc1ccc(N2CCCC2)s1. The van der Waals surface area contributed by atoms with Crippen molar-refractivity contribution in [2.24, 2.45) is 0 Å². The van der Waals surface area contributed by atoms with Crippen molar-refractivity contribution in [3.63, 3.8) is 0 Å². The molecule has 1 fully saturated rings. The first-order chi connectivity index (χ1) is 22.0. The molecule has 9 nitrogen and oxygen atoms in total. The fourth-order valence-corrected chi connectivity index (χ4v) is 6.03. The number of nitrogen functional groups attached to an aromatic ring is 6. The summed E-state index contributed by atoms with van der Waals surface area (Å²) in [6.07, 6.45) is 7.65. The molecule has 1 saturated heterocycles. The number of nitrogens with zero attached hydrogens (tertiary/aromatic N) is 3. The van der Waals surface area contributed by atoms with Gasteiger partial charge in [-0.2, -0.15) is 0 Å². The highest BCUT2D eigenvalue weighted by molar-refractivity contribution is 7.19. The van der Waals surface area contributed by atoms with E-state index in [1.54, 1.807) is 23.5 Å². The van der Waals surface area contributed by atoms with Gasteiger partial charge < -0.3 is 39.3 Å². The summed E-state index contributed by atoms with van der Waals surface area (Å²) >= 11 is 3.11. The Morgan fingerprint density at radius 3 is 1.70 bits per heavy atom. The molecule has 0 amide bonds. The predicted molar refractivity (Wildman–Crippen MR) is 203 cm³/mol. The van der Waals surface area contributed by atoms with Gasteiger partial charge in [0.15, 0.2) is 0 Å². The van der Waals surface area contributed by atoms with E-state index >= 15 is 0 Å². The third-order valence-corrected chi connectivity index (χ3v) is 9.11. The Morgan fingerprint density at radius 1 is 0.674 bits per heavy atom. The Labute approximate surface area is 281 Å². The summed E-state index contributed by atoms with van der Waals surface area (Å²) in [5, 5.41) is 11.5. The van der Waals surface area contributed by atoms with Crippen LogP contribution in [0.5, 0.6) is 0 Å². The Morgan fingerprint density at radius 2 is 1.26 bits per heavy atom. The third-order valence-electron chi connectivity index (χ3n) is 7.33. The largest absolute Gasteiger partial charge is 0.399 e. The Bertz CT molecular complexity index is 1560. The Hall–Kier alpha value is -4.48. The molecular weight excluding hydrogens is 611 g/mol. The summed E-state index contributed by atoms with van der Waals surface area (Å²) in [7, 11) is 0. The number of rotatable bonds is 6. The first-order valence-electron chi connectivity index (χ1n) is 15.6. The number of hydrogen-bond donors (Lipinski definition) is 6. The number of aromatic nitrogens is 2. The van der Waals surface area contributed by atoms with Gasteiger partial charge in [-0.1, -0.05) is 55.4 Å². The minimum Gasteiger partial charge on any atom is -0.399 e. The van der Waals surface area contributed by atoms with Crippen molar-refractivity contribution in [3.8, 4) is 10.6 Å². The third kappa shape index (κ3) is 12.1. The summed E-state index contributed by atoms with van der Waals surface area (Å²) in [6, 6.07) is 23.6. The highest BCUT2D eigenvalue weighted by Gasteiger charge is 2.13. The first kappa shape index (κ1) is 36.0. The lowest BCUT2D eigenvalue weighted by molar-refractivity contribution is 0.717. The van der Waals surface area contributed by atoms with E-state index in [0.29, 0.717) is 5.13 Å². The number of hydrogen-bond acceptors (Lipinski definition) is 11. The van der Waals surface area contributed by atoms with E-state index in [2.05, 4.69) is 52.4 Å². The molecule has 1 aliphatic heterocycles. The summed E-state index contributed by atoms with van der Waals surface area (Å²) in [5.74, 6) is 0. The number of nitrogens with two attached hydrogens (primary N) is 6. The van der Waals surface area contributed by atoms with Gasteiger partial charge in [0.05, 0.1) is 10.0 Å². The molecule has 0 aliphatic carbocycles. The van der Waals surface area contributed by atoms with Crippen molar-refractivity contribution >= 4 is 60.6 Å². The average molecular weight is 660 g/mol. The monoisotopic (exact) mass is 659 g/mol. The van der Waals surface area contributed by atoms with Crippen LogP contribution in [0.25, 0.3) is 10.6 Å². The lowest BCUT2D eigenvalue weighted by Gasteiger charge is -2.13. The van der Waals surface area contributed by atoms with Crippen LogP contribution in [0.3, 0.4) is 0 Å². The smallest absolute Gasteiger partial charge is 0.203 e. The fourth-order valence-electron chi connectivity index (χ4n) is 4.59. The minimum absolute atomic E-state index is 0.520. The number of unbranched alkanes of at least 4 members (excludes halogenated alkanes) is 2. The molecule has 46 heavy (non-hydrogen) atoms. The summed E-state index contributed by atoms with van der Waals surface area (Å²) in [5.41, 5.74) is 40.9. The van der Waals surface area contributed by atoms with Crippen molar-refractivity contribution in [2.75, 3.05) is 52.4 Å². The van der Waals surface area contributed by atoms with Crippen LogP contribution in [0.1, 0.15) is 55.7 Å². The predicted octanol–water partition coefficient (Wildman–Crippen LogP) is 7.77. The van der Waals surface area contributed by atoms with E-state index in [1.165, 1.54) is 67.1 Å². The van der Waals surface area contributed by atoms with Crippen molar-refractivity contribution < 1.29 is 0 Å². The van der Waals surface area contributed by atoms with E-state index in [1.807, 2.05) is 44.2 Å². The van der Waals surface area contributed by atoms with Crippen LogP contribution < -0.4 is 39.3 Å². The molecule has 11 heteroatoms. The van der Waals surface area contributed by atoms with Crippen molar-refractivity contribution in [1.82, 2.24) is 10.2 Å². The van der Waals surface area contributed by atoms with Crippen molar-refractivity contribution in [3.05, 3.63) is 89.5 Å². The topological polar surface area (TPSA) is 185 Å². The molecule has 6 rings (SSSR count). The van der Waals surface area contributed by atoms with Crippen LogP contribution in [0.2, 0.25) is 0 Å². The summed E-state index contributed by atoms with van der Waals surface area (Å²) in [6.45, 7) is 8.51. The number of aryl methyl sites for hydroxylation is 3. The second-order valence-electron chi connectivity index (χ2n) is 11.2. The highest BCUT2D eigenvalue weighted by Crippen LogP contribution is 2.30. The molecule has 0 unspecified atom stereocenters. The molecule has 12 N–H and O–H groups in total. The second-order valence-corrected chi connectivity index (χ2v) is 13.3. The van der Waals surface area contributed by atoms with E-state index in [9.17, 15) is 0 Å². The lowest BCUT2D eigenvalue weighted by Crippen LogP contribution is -2.15. The fraction of sp³-hybridized carbons (Fsp3) is 0.314. The maximum Gasteiger partial charge on any atom is 0.203 e. The molecule has 0 spiro atoms. The molecule has 0 saturated carbocycles. The van der Waals surface area contributed by atoms with Crippen LogP contribution in [0, 0.1) is 13.8 Å². The number of thiophene rings is 1. The van der Waals surface area contributed by atoms with Gasteiger partial charge in [-0.3, -0.25) is 0 Å².